The van der Waals surface area contributed by atoms with Gasteiger partial charge in [0.1, 0.15) is 0 Å². The molecular weight excluding hydrogens is 238 g/mol. The fourth-order valence-electron chi connectivity index (χ4n) is 1.33. The minimum Gasteiger partial charge on any atom is -0.464 e. The molecule has 2 aromatic heterocycles. The molecule has 2 amide bonds. The average molecular weight is 249 g/mol. The van der Waals surface area contributed by atoms with E-state index in [1.165, 1.54) is 30.9 Å². The third kappa shape index (κ3) is 2.21. The van der Waals surface area contributed by atoms with Crippen molar-refractivity contribution in [1.82, 2.24) is 19.9 Å². The van der Waals surface area contributed by atoms with E-state index in [0.29, 0.717) is 11.5 Å². The highest BCUT2D eigenvalue weighted by Crippen LogP contribution is 2.09. The first-order valence-electron chi connectivity index (χ1n) is 5.07. The van der Waals surface area contributed by atoms with Crippen LogP contribution in [-0.2, 0) is 4.74 Å². The van der Waals surface area contributed by atoms with Gasteiger partial charge < -0.3 is 10.1 Å². The van der Waals surface area contributed by atoms with Crippen LogP contribution in [0, 0.1) is 0 Å². The zero-order valence-corrected chi connectivity index (χ0v) is 9.80. The fraction of sp³-hybridized carbons (Fsp3) is 0.200. The van der Waals surface area contributed by atoms with Crippen LogP contribution < -0.4 is 10.6 Å². The number of nitrogens with one attached hydrogen (secondary N) is 2. The van der Waals surface area contributed by atoms with Crippen molar-refractivity contribution < 1.29 is 14.3 Å². The van der Waals surface area contributed by atoms with Gasteiger partial charge in [0.25, 0.3) is 0 Å². The summed E-state index contributed by atoms with van der Waals surface area (Å²) >= 11 is 0. The monoisotopic (exact) mass is 249 g/mol. The number of ether oxygens (including phenoxy) is 1. The second kappa shape index (κ2) is 4.70. The smallest absolute Gasteiger partial charge is 0.358 e. The number of hydrogen-bond donors (Lipinski definition) is 2. The van der Waals surface area contributed by atoms with Crippen LogP contribution in [0.15, 0.2) is 18.3 Å². The molecule has 8 nitrogen and oxygen atoms in total. The van der Waals surface area contributed by atoms with Crippen molar-refractivity contribution in [3.8, 4) is 0 Å². The van der Waals surface area contributed by atoms with E-state index in [4.69, 9.17) is 0 Å². The Morgan fingerprint density at radius 2 is 2.17 bits per heavy atom. The number of esters is 1. The molecule has 0 radical (unpaired) electrons. The Morgan fingerprint density at radius 1 is 1.39 bits per heavy atom. The van der Waals surface area contributed by atoms with Crippen molar-refractivity contribution in [1.29, 1.82) is 0 Å². The minimum absolute atomic E-state index is 0.161. The summed E-state index contributed by atoms with van der Waals surface area (Å²) in [6.45, 7) is 0. The van der Waals surface area contributed by atoms with Gasteiger partial charge in [-0.3, -0.25) is 5.32 Å². The molecule has 0 aliphatic heterocycles. The van der Waals surface area contributed by atoms with Crippen molar-refractivity contribution in [2.45, 2.75) is 0 Å². The first kappa shape index (κ1) is 11.8. The number of nitrogens with zero attached hydrogens (tertiary/aromatic N) is 3. The van der Waals surface area contributed by atoms with Crippen LogP contribution in [0.4, 0.5) is 10.6 Å². The molecule has 2 aromatic rings. The quantitative estimate of drug-likeness (QED) is 0.744. The van der Waals surface area contributed by atoms with Crippen molar-refractivity contribution in [2.75, 3.05) is 19.5 Å². The van der Waals surface area contributed by atoms with E-state index in [2.05, 4.69) is 25.5 Å². The lowest BCUT2D eigenvalue weighted by atomic mass is 10.4. The molecule has 0 atom stereocenters. The van der Waals surface area contributed by atoms with Gasteiger partial charge in [-0.2, -0.15) is 5.10 Å². The number of carbonyl (C=O) groups excluding carboxylic acids is 2. The number of hydrogen-bond acceptors (Lipinski definition) is 5. The number of urea groups is 1. The summed E-state index contributed by atoms with van der Waals surface area (Å²) in [5.41, 5.74) is 0.669. The van der Waals surface area contributed by atoms with Gasteiger partial charge in [0.15, 0.2) is 17.2 Å². The Balaban J connectivity index is 2.33. The van der Waals surface area contributed by atoms with Crippen molar-refractivity contribution in [3.05, 3.63) is 24.0 Å². The van der Waals surface area contributed by atoms with Gasteiger partial charge in [0, 0.05) is 7.05 Å². The van der Waals surface area contributed by atoms with E-state index >= 15 is 0 Å². The normalized spacial score (nSPS) is 10.1. The largest absolute Gasteiger partial charge is 0.464 e. The van der Waals surface area contributed by atoms with Gasteiger partial charge in [-0.1, -0.05) is 0 Å². The molecule has 18 heavy (non-hydrogen) atoms. The van der Waals surface area contributed by atoms with Crippen LogP contribution in [0.1, 0.15) is 10.5 Å². The molecule has 0 saturated carbocycles. The molecular formula is C10H11N5O3. The molecule has 0 aliphatic rings. The maximum Gasteiger partial charge on any atom is 0.358 e. The second-order valence-electron chi connectivity index (χ2n) is 3.34. The summed E-state index contributed by atoms with van der Waals surface area (Å²) in [4.78, 5) is 26.5. The molecule has 8 heteroatoms. The van der Waals surface area contributed by atoms with Crippen LogP contribution in [0.3, 0.4) is 0 Å². The van der Waals surface area contributed by atoms with Gasteiger partial charge in [0.2, 0.25) is 0 Å². The zero-order valence-electron chi connectivity index (χ0n) is 9.80. The van der Waals surface area contributed by atoms with Crippen molar-refractivity contribution >= 4 is 23.5 Å². The summed E-state index contributed by atoms with van der Waals surface area (Å²) in [6.07, 6.45) is 1.50. The Kier molecular flexibility index (Phi) is 3.09. The molecule has 0 fully saturated rings. The van der Waals surface area contributed by atoms with E-state index in [9.17, 15) is 9.59 Å². The zero-order chi connectivity index (χ0) is 13.1. The maximum absolute atomic E-state index is 11.3. The van der Waals surface area contributed by atoms with E-state index in [0.717, 1.165) is 0 Å². The average Bonchev–Trinajstić information content (AvgIpc) is 2.78. The molecule has 2 N–H and O–H groups in total. The van der Waals surface area contributed by atoms with Gasteiger partial charge in [-0.15, -0.1) is 0 Å². The van der Waals surface area contributed by atoms with E-state index in [1.807, 2.05) is 0 Å². The summed E-state index contributed by atoms with van der Waals surface area (Å²) in [5, 5.41) is 8.92. The maximum atomic E-state index is 11.3. The van der Waals surface area contributed by atoms with Crippen molar-refractivity contribution in [3.63, 3.8) is 0 Å². The lowest BCUT2D eigenvalue weighted by Crippen LogP contribution is -2.24. The number of carbonyl (C=O) groups is 2. The van der Waals surface area contributed by atoms with E-state index in [1.54, 1.807) is 6.07 Å². The first-order chi connectivity index (χ1) is 8.63. The lowest BCUT2D eigenvalue weighted by Gasteiger charge is -1.98. The van der Waals surface area contributed by atoms with Gasteiger partial charge in [0.05, 0.1) is 13.3 Å². The number of anilines is 1. The topological polar surface area (TPSA) is 97.6 Å². The first-order valence-corrected chi connectivity index (χ1v) is 5.07. The summed E-state index contributed by atoms with van der Waals surface area (Å²) in [5.74, 6) is -0.199. The van der Waals surface area contributed by atoms with Gasteiger partial charge in [-0.25, -0.2) is 19.1 Å². The molecule has 94 valence electrons. The van der Waals surface area contributed by atoms with Crippen LogP contribution in [0.2, 0.25) is 0 Å². The Labute approximate surface area is 102 Å². The SMILES string of the molecule is CNC(=O)Nc1cn2nc(C(=O)OC)ccc2n1. The van der Waals surface area contributed by atoms with E-state index < -0.39 is 5.97 Å². The predicted octanol–water partition coefficient (Wildman–Crippen LogP) is 0.267. The third-order valence-corrected chi connectivity index (χ3v) is 2.18. The predicted molar refractivity (Wildman–Crippen MR) is 62.4 cm³/mol. The molecule has 0 saturated heterocycles. The summed E-state index contributed by atoms with van der Waals surface area (Å²) in [7, 11) is 2.78. The van der Waals surface area contributed by atoms with Crippen LogP contribution in [0.25, 0.3) is 5.65 Å². The molecule has 0 bridgehead atoms. The molecule has 0 unspecified atom stereocenters. The van der Waals surface area contributed by atoms with Crippen LogP contribution in [0.5, 0.6) is 0 Å². The third-order valence-electron chi connectivity index (χ3n) is 2.18. The van der Waals surface area contributed by atoms with Gasteiger partial charge in [-0.05, 0) is 12.1 Å². The lowest BCUT2D eigenvalue weighted by molar-refractivity contribution is 0.0592. The standard InChI is InChI=1S/C10H11N5O3/c1-11-10(17)13-7-5-15-8(12-7)4-3-6(14-15)9(16)18-2/h3-5H,1-2H3,(H2,11,13,17). The number of methoxy groups -OCH3 is 1. The number of rotatable bonds is 2. The molecule has 2 heterocycles. The number of amides is 2. The number of aromatic nitrogens is 3. The molecule has 2 rings (SSSR count). The van der Waals surface area contributed by atoms with E-state index in [-0.39, 0.29) is 11.7 Å². The number of fused-ring (bicyclic) bond motifs is 1. The van der Waals surface area contributed by atoms with Crippen LogP contribution in [-0.4, -0.2) is 40.8 Å². The Morgan fingerprint density at radius 3 is 2.83 bits per heavy atom. The molecule has 0 aliphatic carbocycles. The van der Waals surface area contributed by atoms with Crippen molar-refractivity contribution in [2.24, 2.45) is 0 Å². The Hall–Kier alpha value is -2.64. The minimum atomic E-state index is -0.536. The van der Waals surface area contributed by atoms with Gasteiger partial charge >= 0.3 is 12.0 Å². The Bertz CT molecular complexity index is 607. The molecule has 0 aromatic carbocycles. The fourth-order valence-corrected chi connectivity index (χ4v) is 1.33. The summed E-state index contributed by atoms with van der Waals surface area (Å²) in [6, 6.07) is 2.72. The summed E-state index contributed by atoms with van der Waals surface area (Å²) < 4.78 is 5.95. The molecule has 0 spiro atoms. The number of imidazole rings is 1. The van der Waals surface area contributed by atoms with Crippen LogP contribution >= 0.6 is 0 Å². The highest BCUT2D eigenvalue weighted by atomic mass is 16.5. The highest BCUT2D eigenvalue weighted by molar-refractivity contribution is 5.88. The second-order valence-corrected chi connectivity index (χ2v) is 3.34. The highest BCUT2D eigenvalue weighted by Gasteiger charge is 2.10.